The van der Waals surface area contributed by atoms with Gasteiger partial charge in [-0.2, -0.15) is 0 Å². The molecule has 0 aliphatic rings. The standard InChI is InChI=1S/C27H30N4O3/c1-21-5-7-23(8-6-21)11-14-27-28-25(20-34-27)19-33-26-12-9-22(10-13-26)4-2-3-16-31-18-24(15-17-32)29-30-31/h5-14,18,20,32H,2-4,15-17,19H2,1H3/b14-11+. The highest BCUT2D eigenvalue weighted by atomic mass is 16.5. The van der Waals surface area contributed by atoms with Crippen LogP contribution in [0.1, 0.15) is 46.8 Å². The van der Waals surface area contributed by atoms with Crippen molar-refractivity contribution in [2.45, 2.75) is 45.8 Å². The lowest BCUT2D eigenvalue weighted by molar-refractivity contribution is 0.298. The number of aromatic nitrogens is 4. The molecule has 0 unspecified atom stereocenters. The number of oxazole rings is 1. The SMILES string of the molecule is Cc1ccc(/C=C/c2nc(COc3ccc(CCCCn4cc(CCO)nn4)cc3)co2)cc1. The van der Waals surface area contributed by atoms with Gasteiger partial charge in [0.05, 0.1) is 5.69 Å². The quantitative estimate of drug-likeness (QED) is 0.305. The molecule has 0 amide bonds. The lowest BCUT2D eigenvalue weighted by Crippen LogP contribution is -2.00. The lowest BCUT2D eigenvalue weighted by Gasteiger charge is -2.06. The third kappa shape index (κ3) is 7.15. The molecule has 2 heterocycles. The summed E-state index contributed by atoms with van der Waals surface area (Å²) < 4.78 is 13.2. The molecule has 7 heteroatoms. The molecule has 0 aliphatic heterocycles. The van der Waals surface area contributed by atoms with Gasteiger partial charge in [-0.15, -0.1) is 5.10 Å². The smallest absolute Gasteiger partial charge is 0.218 e. The number of benzene rings is 2. The Kier molecular flexibility index (Phi) is 8.24. The van der Waals surface area contributed by atoms with Crippen molar-refractivity contribution in [3.8, 4) is 5.75 Å². The van der Waals surface area contributed by atoms with Gasteiger partial charge in [0.2, 0.25) is 5.89 Å². The minimum absolute atomic E-state index is 0.101. The molecule has 1 N–H and O–H groups in total. The largest absolute Gasteiger partial charge is 0.487 e. The summed E-state index contributed by atoms with van der Waals surface area (Å²) >= 11 is 0. The summed E-state index contributed by atoms with van der Waals surface area (Å²) in [6, 6.07) is 16.5. The number of unbranched alkanes of at least 4 members (excludes halogenated alkanes) is 1. The Labute approximate surface area is 199 Å². The van der Waals surface area contributed by atoms with Crippen LogP contribution in [-0.4, -0.2) is 31.7 Å². The number of rotatable bonds is 12. The van der Waals surface area contributed by atoms with E-state index >= 15 is 0 Å². The molecule has 0 atom stereocenters. The Balaban J connectivity index is 1.18. The van der Waals surface area contributed by atoms with Crippen LogP contribution in [0.15, 0.2) is 65.4 Å². The average molecular weight is 459 g/mol. The second-order valence-corrected chi connectivity index (χ2v) is 8.26. The van der Waals surface area contributed by atoms with Gasteiger partial charge in [-0.25, -0.2) is 4.98 Å². The van der Waals surface area contributed by atoms with Crippen molar-refractivity contribution >= 4 is 12.2 Å². The third-order valence-corrected chi connectivity index (χ3v) is 5.43. The number of hydrogen-bond acceptors (Lipinski definition) is 6. The van der Waals surface area contributed by atoms with Gasteiger partial charge in [0.25, 0.3) is 0 Å². The van der Waals surface area contributed by atoms with E-state index in [4.69, 9.17) is 14.3 Å². The van der Waals surface area contributed by atoms with E-state index in [9.17, 15) is 0 Å². The Morgan fingerprint density at radius 3 is 2.59 bits per heavy atom. The number of aliphatic hydroxyl groups is 1. The molecule has 0 saturated carbocycles. The number of aryl methyl sites for hydroxylation is 3. The van der Waals surface area contributed by atoms with Crippen molar-refractivity contribution < 1.29 is 14.3 Å². The Hall–Kier alpha value is -3.71. The predicted molar refractivity (Wildman–Crippen MR) is 131 cm³/mol. The van der Waals surface area contributed by atoms with Crippen LogP contribution >= 0.6 is 0 Å². The van der Waals surface area contributed by atoms with Gasteiger partial charge < -0.3 is 14.3 Å². The monoisotopic (exact) mass is 458 g/mol. The first-order chi connectivity index (χ1) is 16.7. The minimum atomic E-state index is 0.101. The van der Waals surface area contributed by atoms with Crippen LogP contribution in [0.4, 0.5) is 0 Å². The number of ether oxygens (including phenoxy) is 1. The van der Waals surface area contributed by atoms with Crippen LogP contribution in [0.5, 0.6) is 5.75 Å². The molecule has 4 aromatic rings. The van der Waals surface area contributed by atoms with Gasteiger partial charge in [-0.05, 0) is 55.5 Å². The van der Waals surface area contributed by atoms with Crippen LogP contribution < -0.4 is 4.74 Å². The van der Waals surface area contributed by atoms with E-state index in [0.29, 0.717) is 18.9 Å². The Morgan fingerprint density at radius 2 is 1.79 bits per heavy atom. The fourth-order valence-corrected chi connectivity index (χ4v) is 3.50. The van der Waals surface area contributed by atoms with Crippen LogP contribution in [0.25, 0.3) is 12.2 Å². The maximum absolute atomic E-state index is 8.95. The highest BCUT2D eigenvalue weighted by molar-refractivity contribution is 5.66. The van der Waals surface area contributed by atoms with Crippen LogP contribution in [0.2, 0.25) is 0 Å². The minimum Gasteiger partial charge on any atom is -0.487 e. The Morgan fingerprint density at radius 1 is 0.971 bits per heavy atom. The number of hydrogen-bond donors (Lipinski definition) is 1. The van der Waals surface area contributed by atoms with E-state index < -0.39 is 0 Å². The highest BCUT2D eigenvalue weighted by Crippen LogP contribution is 2.16. The first-order valence-electron chi connectivity index (χ1n) is 11.6. The van der Waals surface area contributed by atoms with Crippen molar-refractivity contribution in [2.75, 3.05) is 6.61 Å². The Bertz CT molecular complexity index is 1180. The van der Waals surface area contributed by atoms with Gasteiger partial charge in [0, 0.05) is 31.8 Å². The van der Waals surface area contributed by atoms with Gasteiger partial charge in [-0.3, -0.25) is 4.68 Å². The second-order valence-electron chi connectivity index (χ2n) is 8.26. The first-order valence-corrected chi connectivity index (χ1v) is 11.6. The molecule has 0 saturated heterocycles. The van der Waals surface area contributed by atoms with Crippen molar-refractivity contribution in [1.82, 2.24) is 20.0 Å². The lowest BCUT2D eigenvalue weighted by atomic mass is 10.1. The zero-order chi connectivity index (χ0) is 23.6. The molecule has 2 aromatic carbocycles. The van der Waals surface area contributed by atoms with E-state index in [1.54, 1.807) is 6.26 Å². The van der Waals surface area contributed by atoms with Gasteiger partial charge >= 0.3 is 0 Å². The van der Waals surface area contributed by atoms with Crippen molar-refractivity contribution in [3.63, 3.8) is 0 Å². The van der Waals surface area contributed by atoms with E-state index in [2.05, 4.69) is 58.6 Å². The second kappa shape index (κ2) is 12.0. The summed E-state index contributed by atoms with van der Waals surface area (Å²) in [4.78, 5) is 4.46. The van der Waals surface area contributed by atoms with Crippen molar-refractivity contribution in [1.29, 1.82) is 0 Å². The molecule has 7 nitrogen and oxygen atoms in total. The predicted octanol–water partition coefficient (Wildman–Crippen LogP) is 4.88. The summed E-state index contributed by atoms with van der Waals surface area (Å²) in [6.07, 6.45) is 11.0. The fraction of sp³-hybridized carbons (Fsp3) is 0.296. The van der Waals surface area contributed by atoms with Crippen LogP contribution in [-0.2, 0) is 26.0 Å². The fourth-order valence-electron chi connectivity index (χ4n) is 3.50. The molecular formula is C27H30N4O3. The maximum Gasteiger partial charge on any atom is 0.218 e. The summed E-state index contributed by atoms with van der Waals surface area (Å²) in [6.45, 7) is 3.36. The third-order valence-electron chi connectivity index (χ3n) is 5.43. The van der Waals surface area contributed by atoms with Crippen LogP contribution in [0, 0.1) is 6.92 Å². The molecule has 176 valence electrons. The van der Waals surface area contributed by atoms with Gasteiger partial charge in [0.1, 0.15) is 24.3 Å². The number of aliphatic hydroxyl groups excluding tert-OH is 1. The molecule has 0 aliphatic carbocycles. The topological polar surface area (TPSA) is 86.2 Å². The summed E-state index contributed by atoms with van der Waals surface area (Å²) in [7, 11) is 0. The maximum atomic E-state index is 8.95. The normalized spacial score (nSPS) is 11.4. The molecule has 0 fully saturated rings. The number of nitrogens with zero attached hydrogens (tertiary/aromatic N) is 4. The van der Waals surface area contributed by atoms with E-state index in [1.807, 2.05) is 35.2 Å². The van der Waals surface area contributed by atoms with Gasteiger partial charge in [0.15, 0.2) is 0 Å². The molecule has 0 bridgehead atoms. The van der Waals surface area contributed by atoms with Crippen molar-refractivity contribution in [2.24, 2.45) is 0 Å². The average Bonchev–Trinajstić information content (AvgIpc) is 3.50. The zero-order valence-corrected chi connectivity index (χ0v) is 19.4. The van der Waals surface area contributed by atoms with Gasteiger partial charge in [-0.1, -0.05) is 47.2 Å². The molecule has 0 radical (unpaired) electrons. The van der Waals surface area contributed by atoms with E-state index in [0.717, 1.165) is 48.5 Å². The first kappa shape index (κ1) is 23.4. The van der Waals surface area contributed by atoms with Crippen LogP contribution in [0.3, 0.4) is 0 Å². The molecule has 4 rings (SSSR count). The van der Waals surface area contributed by atoms with E-state index in [-0.39, 0.29) is 6.61 Å². The molecule has 2 aromatic heterocycles. The highest BCUT2D eigenvalue weighted by Gasteiger charge is 2.04. The molecule has 0 spiro atoms. The van der Waals surface area contributed by atoms with E-state index in [1.165, 1.54) is 11.1 Å². The molecule has 34 heavy (non-hydrogen) atoms. The molecular weight excluding hydrogens is 428 g/mol. The summed E-state index contributed by atoms with van der Waals surface area (Å²) in [5.74, 6) is 1.37. The van der Waals surface area contributed by atoms with Crippen molar-refractivity contribution in [3.05, 3.63) is 95.0 Å². The summed E-state index contributed by atoms with van der Waals surface area (Å²) in [5, 5.41) is 17.1. The summed E-state index contributed by atoms with van der Waals surface area (Å²) in [5.41, 5.74) is 5.20. The zero-order valence-electron chi connectivity index (χ0n) is 19.4.